The summed E-state index contributed by atoms with van der Waals surface area (Å²) < 4.78 is 0. The van der Waals surface area contributed by atoms with Crippen molar-refractivity contribution in [1.82, 2.24) is 15.5 Å². The predicted molar refractivity (Wildman–Crippen MR) is 88.7 cm³/mol. The van der Waals surface area contributed by atoms with Crippen molar-refractivity contribution in [2.24, 2.45) is 0 Å². The van der Waals surface area contributed by atoms with Crippen LogP contribution < -0.4 is 10.6 Å². The zero-order valence-corrected chi connectivity index (χ0v) is 13.5. The number of hydrogen-bond donors (Lipinski definition) is 2. The van der Waals surface area contributed by atoms with Gasteiger partial charge in [-0.1, -0.05) is 18.2 Å². The molecule has 1 amide bonds. The Hall–Kier alpha value is -1.04. The molecule has 0 saturated carbocycles. The number of carbonyl (C=O) groups is 1. The van der Waals surface area contributed by atoms with Crippen LogP contribution in [0.4, 0.5) is 0 Å². The van der Waals surface area contributed by atoms with Crippen molar-refractivity contribution in [3.8, 4) is 0 Å². The minimum atomic E-state index is 0.122. The van der Waals surface area contributed by atoms with Crippen LogP contribution in [0.5, 0.6) is 0 Å². The Labute approximate surface area is 131 Å². The summed E-state index contributed by atoms with van der Waals surface area (Å²) in [6.07, 6.45) is 2.38. The van der Waals surface area contributed by atoms with Crippen molar-refractivity contribution in [3.63, 3.8) is 0 Å². The van der Waals surface area contributed by atoms with E-state index in [4.69, 9.17) is 0 Å². The molecule has 2 N–H and O–H groups in total. The number of nitrogens with one attached hydrogen (secondary N) is 2. The van der Waals surface area contributed by atoms with E-state index in [0.29, 0.717) is 12.6 Å². The second kappa shape index (κ2) is 9.07. The SMILES string of the molecule is CN(CC(=O)NCCSc1ccccc1)C1CCCNC1. The fourth-order valence-electron chi connectivity index (χ4n) is 2.50. The number of nitrogens with zero attached hydrogens (tertiary/aromatic N) is 1. The van der Waals surface area contributed by atoms with Crippen LogP contribution >= 0.6 is 11.8 Å². The average molecular weight is 307 g/mol. The Balaban J connectivity index is 1.58. The third kappa shape index (κ3) is 6.08. The summed E-state index contributed by atoms with van der Waals surface area (Å²) in [5, 5.41) is 6.38. The lowest BCUT2D eigenvalue weighted by Gasteiger charge is -2.31. The molecule has 21 heavy (non-hydrogen) atoms. The summed E-state index contributed by atoms with van der Waals surface area (Å²) in [7, 11) is 2.04. The molecule has 0 radical (unpaired) electrons. The average Bonchev–Trinajstić information content (AvgIpc) is 2.53. The molecule has 0 bridgehead atoms. The van der Waals surface area contributed by atoms with E-state index in [-0.39, 0.29) is 5.91 Å². The van der Waals surface area contributed by atoms with E-state index >= 15 is 0 Å². The van der Waals surface area contributed by atoms with Gasteiger partial charge in [-0.15, -0.1) is 11.8 Å². The quantitative estimate of drug-likeness (QED) is 0.593. The second-order valence-electron chi connectivity index (χ2n) is 5.43. The molecule has 116 valence electrons. The molecule has 1 fully saturated rings. The lowest BCUT2D eigenvalue weighted by Crippen LogP contribution is -2.47. The smallest absolute Gasteiger partial charge is 0.234 e. The van der Waals surface area contributed by atoms with Crippen LogP contribution in [0.25, 0.3) is 0 Å². The molecule has 1 saturated heterocycles. The molecule has 1 aromatic carbocycles. The van der Waals surface area contributed by atoms with Crippen molar-refractivity contribution >= 4 is 17.7 Å². The van der Waals surface area contributed by atoms with Crippen molar-refractivity contribution in [2.75, 3.05) is 39.0 Å². The zero-order chi connectivity index (χ0) is 14.9. The molecular formula is C16H25N3OS. The van der Waals surface area contributed by atoms with Gasteiger partial charge in [-0.3, -0.25) is 9.69 Å². The van der Waals surface area contributed by atoms with Crippen LogP contribution in [0.15, 0.2) is 35.2 Å². The molecule has 1 aliphatic rings. The molecule has 0 aromatic heterocycles. The first-order valence-electron chi connectivity index (χ1n) is 7.61. The Morgan fingerprint density at radius 2 is 2.24 bits per heavy atom. The van der Waals surface area contributed by atoms with Gasteiger partial charge >= 0.3 is 0 Å². The molecule has 4 nitrogen and oxygen atoms in total. The van der Waals surface area contributed by atoms with Gasteiger partial charge < -0.3 is 10.6 Å². The third-order valence-corrected chi connectivity index (χ3v) is 4.74. The Bertz CT molecular complexity index is 421. The lowest BCUT2D eigenvalue weighted by atomic mass is 10.1. The number of thioether (sulfide) groups is 1. The first kappa shape index (κ1) is 16.3. The molecule has 0 spiro atoms. The van der Waals surface area contributed by atoms with E-state index in [0.717, 1.165) is 25.4 Å². The summed E-state index contributed by atoms with van der Waals surface area (Å²) in [4.78, 5) is 15.3. The first-order chi connectivity index (χ1) is 10.3. The monoisotopic (exact) mass is 307 g/mol. The maximum absolute atomic E-state index is 11.9. The molecule has 1 aromatic rings. The van der Waals surface area contributed by atoms with Gasteiger partial charge in [-0.25, -0.2) is 0 Å². The highest BCUT2D eigenvalue weighted by Gasteiger charge is 2.19. The third-order valence-electron chi connectivity index (χ3n) is 3.72. The van der Waals surface area contributed by atoms with E-state index in [1.54, 1.807) is 11.8 Å². The maximum Gasteiger partial charge on any atom is 0.234 e. The van der Waals surface area contributed by atoms with Crippen molar-refractivity contribution in [2.45, 2.75) is 23.8 Å². The van der Waals surface area contributed by atoms with E-state index in [9.17, 15) is 4.79 Å². The Morgan fingerprint density at radius 3 is 2.95 bits per heavy atom. The highest BCUT2D eigenvalue weighted by Crippen LogP contribution is 2.15. The summed E-state index contributed by atoms with van der Waals surface area (Å²) in [5.74, 6) is 1.03. The van der Waals surface area contributed by atoms with Gasteiger partial charge in [0.1, 0.15) is 0 Å². The molecular weight excluding hydrogens is 282 g/mol. The molecule has 1 unspecified atom stereocenters. The van der Waals surface area contributed by atoms with Crippen LogP contribution in [-0.2, 0) is 4.79 Å². The van der Waals surface area contributed by atoms with Crippen molar-refractivity contribution < 1.29 is 4.79 Å². The van der Waals surface area contributed by atoms with Gasteiger partial charge in [0.25, 0.3) is 0 Å². The van der Waals surface area contributed by atoms with Gasteiger partial charge in [0.05, 0.1) is 6.54 Å². The van der Waals surface area contributed by atoms with Gasteiger partial charge in [-0.05, 0) is 38.6 Å². The minimum Gasteiger partial charge on any atom is -0.354 e. The van der Waals surface area contributed by atoms with Crippen LogP contribution in [0, 0.1) is 0 Å². The Kier molecular flexibility index (Phi) is 7.06. The summed E-state index contributed by atoms with van der Waals surface area (Å²) in [6, 6.07) is 10.8. The minimum absolute atomic E-state index is 0.122. The summed E-state index contributed by atoms with van der Waals surface area (Å²) in [5.41, 5.74) is 0. The number of piperidine rings is 1. The second-order valence-corrected chi connectivity index (χ2v) is 6.60. The Morgan fingerprint density at radius 1 is 1.43 bits per heavy atom. The standard InChI is InChI=1S/C16H25N3OS/c1-19(14-6-5-9-17-12-14)13-16(20)18-10-11-21-15-7-3-2-4-8-15/h2-4,7-8,14,17H,5-6,9-13H2,1H3,(H,18,20). The topological polar surface area (TPSA) is 44.4 Å². The fourth-order valence-corrected chi connectivity index (χ4v) is 3.29. The summed E-state index contributed by atoms with van der Waals surface area (Å²) >= 11 is 1.77. The molecule has 0 aliphatic carbocycles. The zero-order valence-electron chi connectivity index (χ0n) is 12.7. The van der Waals surface area contributed by atoms with E-state index < -0.39 is 0 Å². The van der Waals surface area contributed by atoms with Crippen LogP contribution in [0.1, 0.15) is 12.8 Å². The number of benzene rings is 1. The number of hydrogen-bond acceptors (Lipinski definition) is 4. The van der Waals surface area contributed by atoms with Crippen LogP contribution in [-0.4, -0.2) is 55.8 Å². The highest BCUT2D eigenvalue weighted by molar-refractivity contribution is 7.99. The van der Waals surface area contributed by atoms with Gasteiger partial charge in [-0.2, -0.15) is 0 Å². The maximum atomic E-state index is 11.9. The number of carbonyl (C=O) groups excluding carboxylic acids is 1. The number of amides is 1. The molecule has 1 heterocycles. The first-order valence-corrected chi connectivity index (χ1v) is 8.60. The van der Waals surface area contributed by atoms with Gasteiger partial charge in [0.2, 0.25) is 5.91 Å². The highest BCUT2D eigenvalue weighted by atomic mass is 32.2. The van der Waals surface area contributed by atoms with Crippen LogP contribution in [0.2, 0.25) is 0 Å². The predicted octanol–water partition coefficient (Wildman–Crippen LogP) is 1.58. The van der Waals surface area contributed by atoms with E-state index in [1.165, 1.54) is 17.7 Å². The van der Waals surface area contributed by atoms with Gasteiger partial charge in [0.15, 0.2) is 0 Å². The number of likely N-dealkylation sites (N-methyl/N-ethyl adjacent to an activating group) is 1. The van der Waals surface area contributed by atoms with Gasteiger partial charge in [0, 0.05) is 29.8 Å². The molecule has 1 atom stereocenters. The molecule has 2 rings (SSSR count). The molecule has 1 aliphatic heterocycles. The van der Waals surface area contributed by atoms with E-state index in [1.807, 2.05) is 25.2 Å². The normalized spacial score (nSPS) is 18.7. The molecule has 5 heteroatoms. The van der Waals surface area contributed by atoms with Crippen LogP contribution in [0.3, 0.4) is 0 Å². The number of rotatable bonds is 7. The van der Waals surface area contributed by atoms with Crippen molar-refractivity contribution in [3.05, 3.63) is 30.3 Å². The van der Waals surface area contributed by atoms with E-state index in [2.05, 4.69) is 27.7 Å². The van der Waals surface area contributed by atoms with Crippen molar-refractivity contribution in [1.29, 1.82) is 0 Å². The lowest BCUT2D eigenvalue weighted by molar-refractivity contribution is -0.122. The largest absolute Gasteiger partial charge is 0.354 e. The summed E-state index contributed by atoms with van der Waals surface area (Å²) in [6.45, 7) is 3.30. The fraction of sp³-hybridized carbons (Fsp3) is 0.562.